The summed E-state index contributed by atoms with van der Waals surface area (Å²) >= 11 is 7.88. The van der Waals surface area contributed by atoms with Crippen LogP contribution in [-0.4, -0.2) is 39.7 Å². The molecule has 4 heteroatoms. The molecular weight excluding hydrogens is 283 g/mol. The molecule has 0 aromatic rings. The zero-order valence-electron chi connectivity index (χ0n) is 7.05. The number of thiocarbonyl (C=S) groups is 1. The maximum atomic E-state index is 5.39. The molecule has 0 bridgehead atoms. The number of alkyl halides is 1. The number of quaternary nitrogens is 1. The first kappa shape index (κ1) is 9.15. The Morgan fingerprint density at radius 2 is 2.17 bits per heavy atom. The van der Waals surface area contributed by atoms with E-state index in [1.165, 1.54) is 30.4 Å². The van der Waals surface area contributed by atoms with Crippen LogP contribution in [0.15, 0.2) is 0 Å². The number of nitrogens with one attached hydrogen (secondary N) is 1. The third-order valence-electron chi connectivity index (χ3n) is 3.13. The van der Waals surface area contributed by atoms with E-state index in [4.69, 9.17) is 12.2 Å². The van der Waals surface area contributed by atoms with E-state index in [1.807, 2.05) is 0 Å². The molecule has 1 atom stereocenters. The molecule has 2 aliphatic heterocycles. The van der Waals surface area contributed by atoms with Gasteiger partial charge in [-0.2, -0.15) is 0 Å². The Kier molecular flexibility index (Phi) is 2.58. The van der Waals surface area contributed by atoms with Crippen LogP contribution in [0.2, 0.25) is 0 Å². The van der Waals surface area contributed by atoms with Crippen molar-refractivity contribution in [1.82, 2.24) is 5.32 Å². The summed E-state index contributed by atoms with van der Waals surface area (Å²) in [6, 6.07) is 0.751. The highest BCUT2D eigenvalue weighted by Gasteiger charge is 2.48. The van der Waals surface area contributed by atoms with Gasteiger partial charge in [-0.3, -0.25) is 4.48 Å². The fourth-order valence-corrected chi connectivity index (χ4v) is 3.84. The Bertz CT molecular complexity index is 201. The van der Waals surface area contributed by atoms with Crippen LogP contribution in [0.1, 0.15) is 12.8 Å². The van der Waals surface area contributed by atoms with E-state index in [0.29, 0.717) is 0 Å². The molecule has 0 radical (unpaired) electrons. The molecule has 2 saturated heterocycles. The lowest BCUT2D eigenvalue weighted by atomic mass is 10.3. The Hall–Kier alpha value is 0.580. The zero-order chi connectivity index (χ0) is 8.60. The van der Waals surface area contributed by atoms with Gasteiger partial charge in [-0.15, -0.1) is 0 Å². The normalized spacial score (nSPS) is 32.8. The summed E-state index contributed by atoms with van der Waals surface area (Å²) in [5, 5.41) is 4.46. The van der Waals surface area contributed by atoms with Gasteiger partial charge in [0.25, 0.3) is 5.11 Å². The Labute approximate surface area is 92.4 Å². The van der Waals surface area contributed by atoms with Crippen LogP contribution in [0.4, 0.5) is 0 Å². The van der Waals surface area contributed by atoms with Gasteiger partial charge in [0.2, 0.25) is 0 Å². The van der Waals surface area contributed by atoms with E-state index < -0.39 is 0 Å². The van der Waals surface area contributed by atoms with Crippen molar-refractivity contribution in [2.24, 2.45) is 0 Å². The minimum absolute atomic E-state index is 0.751. The molecule has 2 heterocycles. The van der Waals surface area contributed by atoms with E-state index >= 15 is 0 Å². The number of rotatable bonds is 1. The summed E-state index contributed by atoms with van der Waals surface area (Å²) in [6.07, 6.45) is 2.71. The molecule has 2 nitrogen and oxygen atoms in total. The number of halogens is 1. The van der Waals surface area contributed by atoms with Gasteiger partial charge in [0.1, 0.15) is 6.04 Å². The monoisotopic (exact) mass is 297 g/mol. The Morgan fingerprint density at radius 3 is 2.75 bits per heavy atom. The summed E-state index contributed by atoms with van der Waals surface area (Å²) in [5.41, 5.74) is 0. The van der Waals surface area contributed by atoms with Crippen LogP contribution in [-0.2, 0) is 0 Å². The van der Waals surface area contributed by atoms with Crippen molar-refractivity contribution in [3.8, 4) is 0 Å². The molecule has 0 aromatic heterocycles. The van der Waals surface area contributed by atoms with E-state index in [9.17, 15) is 0 Å². The zero-order valence-corrected chi connectivity index (χ0v) is 10.0. The molecule has 1 N–H and O–H groups in total. The Morgan fingerprint density at radius 1 is 1.50 bits per heavy atom. The lowest BCUT2D eigenvalue weighted by Gasteiger charge is -2.32. The molecule has 0 unspecified atom stereocenters. The molecule has 0 amide bonds. The van der Waals surface area contributed by atoms with Crippen molar-refractivity contribution in [3.63, 3.8) is 0 Å². The maximum Gasteiger partial charge on any atom is 0.270 e. The molecule has 0 aliphatic carbocycles. The summed E-state index contributed by atoms with van der Waals surface area (Å²) < 4.78 is 2.34. The third kappa shape index (κ3) is 1.19. The summed E-state index contributed by atoms with van der Waals surface area (Å²) in [5.74, 6) is 0. The van der Waals surface area contributed by atoms with Crippen molar-refractivity contribution >= 4 is 39.9 Å². The van der Waals surface area contributed by atoms with Crippen molar-refractivity contribution in [2.75, 3.05) is 24.1 Å². The van der Waals surface area contributed by atoms with Crippen LogP contribution in [0.25, 0.3) is 0 Å². The number of hydrogen-bond acceptors (Lipinski definition) is 1. The maximum absolute atomic E-state index is 5.39. The van der Waals surface area contributed by atoms with Crippen molar-refractivity contribution < 1.29 is 4.48 Å². The lowest BCUT2D eigenvalue weighted by Crippen LogP contribution is -2.53. The van der Waals surface area contributed by atoms with E-state index in [2.05, 4.69) is 27.9 Å². The first-order valence-electron chi connectivity index (χ1n) is 4.51. The van der Waals surface area contributed by atoms with Gasteiger partial charge in [-0.25, -0.2) is 0 Å². The molecule has 1 spiro atoms. The van der Waals surface area contributed by atoms with E-state index in [0.717, 1.165) is 22.2 Å². The summed E-state index contributed by atoms with van der Waals surface area (Å²) in [4.78, 5) is 0. The minimum atomic E-state index is 0.751. The molecule has 2 fully saturated rings. The van der Waals surface area contributed by atoms with Crippen LogP contribution in [0.5, 0.6) is 0 Å². The largest absolute Gasteiger partial charge is 0.325 e. The van der Waals surface area contributed by atoms with Crippen LogP contribution in [0, 0.1) is 0 Å². The number of hydrogen-bond donors (Lipinski definition) is 1. The van der Waals surface area contributed by atoms with E-state index in [1.54, 1.807) is 0 Å². The van der Waals surface area contributed by atoms with Crippen LogP contribution < -0.4 is 5.32 Å². The predicted molar refractivity (Wildman–Crippen MR) is 62.5 cm³/mol. The highest BCUT2D eigenvalue weighted by Crippen LogP contribution is 2.28. The average molecular weight is 297 g/mol. The van der Waals surface area contributed by atoms with Crippen molar-refractivity contribution in [3.05, 3.63) is 0 Å². The molecule has 0 saturated carbocycles. The van der Waals surface area contributed by atoms with Crippen LogP contribution in [0.3, 0.4) is 0 Å². The fourth-order valence-electron chi connectivity index (χ4n) is 2.36. The highest BCUT2D eigenvalue weighted by molar-refractivity contribution is 14.1. The molecule has 2 rings (SSSR count). The smallest absolute Gasteiger partial charge is 0.270 e. The fraction of sp³-hybridized carbons (Fsp3) is 0.875. The topological polar surface area (TPSA) is 12.0 Å². The van der Waals surface area contributed by atoms with Crippen LogP contribution >= 0.6 is 34.8 Å². The highest BCUT2D eigenvalue weighted by atomic mass is 127. The van der Waals surface area contributed by atoms with Gasteiger partial charge in [-0.1, -0.05) is 22.6 Å². The first-order chi connectivity index (χ1) is 5.79. The average Bonchev–Trinajstić information content (AvgIpc) is 2.65. The molecule has 68 valence electrons. The lowest BCUT2D eigenvalue weighted by molar-refractivity contribution is -0.841. The quantitative estimate of drug-likeness (QED) is 0.339. The van der Waals surface area contributed by atoms with E-state index in [-0.39, 0.29) is 0 Å². The van der Waals surface area contributed by atoms with Crippen molar-refractivity contribution in [2.45, 2.75) is 18.9 Å². The Balaban J connectivity index is 2.23. The second-order valence-corrected chi connectivity index (χ2v) is 4.95. The van der Waals surface area contributed by atoms with Gasteiger partial charge in [0, 0.05) is 25.1 Å². The molecule has 0 aromatic carbocycles. The summed E-state index contributed by atoms with van der Waals surface area (Å²) in [7, 11) is 0. The molecular formula is C8H14IN2S+. The minimum Gasteiger partial charge on any atom is -0.325 e. The molecule has 12 heavy (non-hydrogen) atoms. The van der Waals surface area contributed by atoms with Gasteiger partial charge in [0.15, 0.2) is 0 Å². The number of nitrogens with zero attached hydrogens (tertiary/aromatic N) is 1. The second-order valence-electron chi connectivity index (χ2n) is 3.68. The summed E-state index contributed by atoms with van der Waals surface area (Å²) in [6.45, 7) is 3.65. The molecule has 2 aliphatic rings. The SMILES string of the molecule is S=C1NC[C@@H](CI)[N+]12CCCC2. The van der Waals surface area contributed by atoms with Gasteiger partial charge >= 0.3 is 0 Å². The first-order valence-corrected chi connectivity index (χ1v) is 6.44. The predicted octanol–water partition coefficient (Wildman–Crippen LogP) is 1.29. The van der Waals surface area contributed by atoms with Gasteiger partial charge in [0.05, 0.1) is 24.1 Å². The van der Waals surface area contributed by atoms with Gasteiger partial charge < -0.3 is 5.32 Å². The standard InChI is InChI=1S/C8H13IN2S/c9-5-7-6-10-8(12)11(7)3-1-2-4-11/h7H,1-6H2/p+1/t7-/m1/s1. The van der Waals surface area contributed by atoms with Crippen molar-refractivity contribution in [1.29, 1.82) is 0 Å². The third-order valence-corrected chi connectivity index (χ3v) is 4.66. The second kappa shape index (κ2) is 3.38. The van der Waals surface area contributed by atoms with Gasteiger partial charge in [-0.05, 0) is 0 Å².